The predicted octanol–water partition coefficient (Wildman–Crippen LogP) is 1.30. The van der Waals surface area contributed by atoms with Crippen LogP contribution in [0, 0.1) is 0 Å². The summed E-state index contributed by atoms with van der Waals surface area (Å²) in [4.78, 5) is 0. The summed E-state index contributed by atoms with van der Waals surface area (Å²) >= 11 is 0. The van der Waals surface area contributed by atoms with Gasteiger partial charge in [0.15, 0.2) is 0 Å². The van der Waals surface area contributed by atoms with Crippen molar-refractivity contribution < 1.29 is 0 Å². The van der Waals surface area contributed by atoms with Gasteiger partial charge >= 0.3 is 0 Å². The predicted molar refractivity (Wildman–Crippen MR) is 35.6 cm³/mol. The van der Waals surface area contributed by atoms with E-state index >= 15 is 0 Å². The molecule has 1 aliphatic heterocycles. The molecule has 0 aromatic carbocycles. The summed E-state index contributed by atoms with van der Waals surface area (Å²) in [5.41, 5.74) is 8.54. The molecule has 9 heavy (non-hydrogen) atoms. The highest BCUT2D eigenvalue weighted by Crippen LogP contribution is 2.18. The maximum atomic E-state index is 7.41. The van der Waals surface area contributed by atoms with Gasteiger partial charge in [-0.15, -0.1) is 0 Å². The number of aromatic nitrogens is 1. The Labute approximate surface area is 53.6 Å². The minimum Gasteiger partial charge on any atom is -0.327 e. The van der Waals surface area contributed by atoms with Crippen molar-refractivity contribution in [3.05, 3.63) is 30.1 Å². The zero-order valence-corrected chi connectivity index (χ0v) is 4.91. The third-order valence-corrected chi connectivity index (χ3v) is 1.56. The second kappa shape index (κ2) is 1.48. The van der Waals surface area contributed by atoms with Crippen molar-refractivity contribution in [2.45, 2.75) is 6.17 Å². The molecular weight excluding hydrogens is 112 g/mol. The van der Waals surface area contributed by atoms with E-state index in [1.807, 2.05) is 35.0 Å². The van der Waals surface area contributed by atoms with Crippen molar-refractivity contribution >= 4 is 6.08 Å². The van der Waals surface area contributed by atoms with Crippen molar-refractivity contribution in [1.29, 1.82) is 0 Å². The minimum absolute atomic E-state index is 0.185. The standard InChI is InChI=1S/C7H7N2/c8-7-4-3-6-2-1-5-9(6)7/h1-5,7-8H. The van der Waals surface area contributed by atoms with Crippen molar-refractivity contribution in [3.8, 4) is 0 Å². The second-order valence-electron chi connectivity index (χ2n) is 2.14. The molecule has 0 saturated heterocycles. The molecule has 45 valence electrons. The summed E-state index contributed by atoms with van der Waals surface area (Å²) in [7, 11) is 0. The minimum atomic E-state index is -0.185. The Morgan fingerprint density at radius 3 is 3.22 bits per heavy atom. The Balaban J connectivity index is 2.60. The number of rotatable bonds is 0. The first-order valence-corrected chi connectivity index (χ1v) is 2.94. The molecule has 2 heterocycles. The molecule has 1 aromatic heterocycles. The van der Waals surface area contributed by atoms with Gasteiger partial charge in [0, 0.05) is 11.9 Å². The van der Waals surface area contributed by atoms with Crippen LogP contribution in [0.15, 0.2) is 24.4 Å². The van der Waals surface area contributed by atoms with Crippen molar-refractivity contribution in [3.63, 3.8) is 0 Å². The highest BCUT2D eigenvalue weighted by Gasteiger charge is 2.09. The number of hydrogen-bond acceptors (Lipinski definition) is 0. The smallest absolute Gasteiger partial charge is 0.116 e. The maximum Gasteiger partial charge on any atom is 0.116 e. The quantitative estimate of drug-likeness (QED) is 0.492. The van der Waals surface area contributed by atoms with Crippen LogP contribution >= 0.6 is 0 Å². The molecule has 0 spiro atoms. The Bertz CT molecular complexity index is 247. The molecule has 0 saturated carbocycles. The van der Waals surface area contributed by atoms with Gasteiger partial charge < -0.3 is 4.57 Å². The van der Waals surface area contributed by atoms with E-state index in [1.165, 1.54) is 0 Å². The fourth-order valence-electron chi connectivity index (χ4n) is 1.08. The van der Waals surface area contributed by atoms with Gasteiger partial charge in [-0.05, 0) is 24.3 Å². The van der Waals surface area contributed by atoms with E-state index in [4.69, 9.17) is 5.73 Å². The van der Waals surface area contributed by atoms with Crippen molar-refractivity contribution in [2.24, 2.45) is 0 Å². The van der Waals surface area contributed by atoms with E-state index in [0.717, 1.165) is 5.69 Å². The van der Waals surface area contributed by atoms with Gasteiger partial charge in [-0.1, -0.05) is 0 Å². The van der Waals surface area contributed by atoms with Gasteiger partial charge in [0.1, 0.15) is 6.17 Å². The summed E-state index contributed by atoms with van der Waals surface area (Å²) in [6.07, 6.45) is 5.58. The normalized spacial score (nSPS) is 22.6. The summed E-state index contributed by atoms with van der Waals surface area (Å²) in [5.74, 6) is 0. The van der Waals surface area contributed by atoms with Gasteiger partial charge in [0.25, 0.3) is 0 Å². The van der Waals surface area contributed by atoms with Gasteiger partial charge in [0.05, 0.1) is 0 Å². The third kappa shape index (κ3) is 0.535. The van der Waals surface area contributed by atoms with Gasteiger partial charge in [0.2, 0.25) is 0 Å². The molecule has 2 nitrogen and oxygen atoms in total. The second-order valence-corrected chi connectivity index (χ2v) is 2.14. The average Bonchev–Trinajstić information content (AvgIpc) is 2.35. The van der Waals surface area contributed by atoms with Crippen LogP contribution in [0.3, 0.4) is 0 Å². The summed E-state index contributed by atoms with van der Waals surface area (Å²) < 4.78 is 1.92. The lowest BCUT2D eigenvalue weighted by Crippen LogP contribution is -2.01. The van der Waals surface area contributed by atoms with E-state index < -0.39 is 0 Å². The first kappa shape index (κ1) is 4.82. The number of nitrogens with zero attached hydrogens (tertiary/aromatic N) is 1. The summed E-state index contributed by atoms with van der Waals surface area (Å²) in [6.45, 7) is 0. The number of hydrogen-bond donors (Lipinski definition) is 0. The molecule has 0 fully saturated rings. The van der Waals surface area contributed by atoms with E-state index in [-0.39, 0.29) is 6.17 Å². The molecule has 1 unspecified atom stereocenters. The van der Waals surface area contributed by atoms with Crippen molar-refractivity contribution in [1.82, 2.24) is 10.3 Å². The SMILES string of the molecule is [NH]C1C=Cc2cccn21. The molecular formula is C7H7N2. The molecule has 1 N–H and O–H groups in total. The molecule has 1 aliphatic rings. The van der Waals surface area contributed by atoms with Gasteiger partial charge in [-0.3, -0.25) is 0 Å². The molecule has 1 radical (unpaired) electrons. The maximum absolute atomic E-state index is 7.41. The van der Waals surface area contributed by atoms with Crippen LogP contribution in [0.5, 0.6) is 0 Å². The third-order valence-electron chi connectivity index (χ3n) is 1.56. The zero-order valence-electron chi connectivity index (χ0n) is 4.91. The summed E-state index contributed by atoms with van der Waals surface area (Å²) in [6, 6.07) is 3.96. The molecule has 0 bridgehead atoms. The lowest BCUT2D eigenvalue weighted by Gasteiger charge is -2.02. The molecule has 2 rings (SSSR count). The highest BCUT2D eigenvalue weighted by molar-refractivity contribution is 5.50. The fraction of sp³-hybridized carbons (Fsp3) is 0.143. The Morgan fingerprint density at radius 2 is 2.44 bits per heavy atom. The van der Waals surface area contributed by atoms with E-state index in [2.05, 4.69) is 0 Å². The van der Waals surface area contributed by atoms with Crippen LogP contribution in [0.4, 0.5) is 0 Å². The molecule has 1 atom stereocenters. The van der Waals surface area contributed by atoms with Crippen LogP contribution in [0.1, 0.15) is 11.9 Å². The Hall–Kier alpha value is -1.02. The monoisotopic (exact) mass is 119 g/mol. The van der Waals surface area contributed by atoms with E-state index in [9.17, 15) is 0 Å². The van der Waals surface area contributed by atoms with Crippen LogP contribution < -0.4 is 5.73 Å². The van der Waals surface area contributed by atoms with E-state index in [0.29, 0.717) is 0 Å². The molecule has 0 aliphatic carbocycles. The topological polar surface area (TPSA) is 28.7 Å². The number of fused-ring (bicyclic) bond motifs is 1. The number of nitrogens with one attached hydrogen (secondary N) is 1. The highest BCUT2D eigenvalue weighted by atomic mass is 15.1. The zero-order chi connectivity index (χ0) is 6.27. The largest absolute Gasteiger partial charge is 0.327 e. The molecule has 1 aromatic rings. The first-order chi connectivity index (χ1) is 4.38. The van der Waals surface area contributed by atoms with E-state index in [1.54, 1.807) is 0 Å². The van der Waals surface area contributed by atoms with Crippen LogP contribution in [0.2, 0.25) is 0 Å². The van der Waals surface area contributed by atoms with Crippen LogP contribution in [-0.4, -0.2) is 4.57 Å². The van der Waals surface area contributed by atoms with Crippen LogP contribution in [0.25, 0.3) is 6.08 Å². The fourth-order valence-corrected chi connectivity index (χ4v) is 1.08. The summed E-state index contributed by atoms with van der Waals surface area (Å²) in [5, 5.41) is 0. The lowest BCUT2D eigenvalue weighted by molar-refractivity contribution is 0.630. The Kier molecular flexibility index (Phi) is 0.794. The molecule has 0 amide bonds. The lowest BCUT2D eigenvalue weighted by atomic mass is 10.4. The van der Waals surface area contributed by atoms with Crippen LogP contribution in [-0.2, 0) is 0 Å². The molecule has 2 heteroatoms. The Morgan fingerprint density at radius 1 is 1.56 bits per heavy atom. The van der Waals surface area contributed by atoms with Crippen molar-refractivity contribution in [2.75, 3.05) is 0 Å². The average molecular weight is 119 g/mol. The van der Waals surface area contributed by atoms with Gasteiger partial charge in [-0.25, -0.2) is 5.73 Å². The van der Waals surface area contributed by atoms with Gasteiger partial charge in [-0.2, -0.15) is 0 Å². The first-order valence-electron chi connectivity index (χ1n) is 2.94.